The van der Waals surface area contributed by atoms with Gasteiger partial charge in [0.15, 0.2) is 0 Å². The summed E-state index contributed by atoms with van der Waals surface area (Å²) in [7, 11) is 0. The monoisotopic (exact) mass is 278 g/mol. The molecule has 0 aromatic heterocycles. The van der Waals surface area contributed by atoms with Crippen LogP contribution in [-0.4, -0.2) is 5.11 Å². The molecule has 0 fully saturated rings. The molecule has 1 aliphatic rings. The molecule has 2 aromatic carbocycles. The van der Waals surface area contributed by atoms with Crippen LogP contribution >= 0.6 is 0 Å². The number of hydrogen-bond acceptors (Lipinski definition) is 1. The Morgan fingerprint density at radius 2 is 1.71 bits per heavy atom. The zero-order valence-corrected chi connectivity index (χ0v) is 13.1. The molecular weight excluding hydrogens is 256 g/mol. The smallest absolute Gasteiger partial charge is 0.0770 e. The first-order valence-corrected chi connectivity index (χ1v) is 7.56. The summed E-state index contributed by atoms with van der Waals surface area (Å²) in [6.07, 6.45) is 1.80. The van der Waals surface area contributed by atoms with E-state index in [1.165, 1.54) is 27.7 Å². The van der Waals surface area contributed by atoms with Crippen LogP contribution in [0.5, 0.6) is 0 Å². The van der Waals surface area contributed by atoms with Crippen molar-refractivity contribution in [2.75, 3.05) is 0 Å². The van der Waals surface area contributed by atoms with Crippen molar-refractivity contribution in [1.29, 1.82) is 0 Å². The minimum Gasteiger partial charge on any atom is -0.389 e. The zero-order valence-electron chi connectivity index (χ0n) is 13.1. The highest BCUT2D eigenvalue weighted by atomic mass is 16.3. The van der Waals surface area contributed by atoms with Crippen LogP contribution in [0.1, 0.15) is 50.8 Å². The van der Waals surface area contributed by atoms with Crippen molar-refractivity contribution < 1.29 is 5.11 Å². The average molecular weight is 278 g/mol. The van der Waals surface area contributed by atoms with Gasteiger partial charge < -0.3 is 5.11 Å². The average Bonchev–Trinajstić information content (AvgIpc) is 2.70. The molecule has 0 saturated heterocycles. The lowest BCUT2D eigenvalue weighted by atomic mass is 9.83. The fourth-order valence-electron chi connectivity index (χ4n) is 3.62. The maximum Gasteiger partial charge on any atom is 0.0770 e. The van der Waals surface area contributed by atoms with Crippen LogP contribution in [-0.2, 0) is 0 Å². The van der Waals surface area contributed by atoms with Crippen molar-refractivity contribution in [1.82, 2.24) is 0 Å². The normalized spacial score (nSPS) is 20.0. The molecule has 0 heterocycles. The molecule has 0 amide bonds. The quantitative estimate of drug-likeness (QED) is 0.793. The topological polar surface area (TPSA) is 20.2 Å². The number of aliphatic hydroxyl groups excluding tert-OH is 1. The Morgan fingerprint density at radius 1 is 1.00 bits per heavy atom. The second kappa shape index (κ2) is 5.16. The van der Waals surface area contributed by atoms with Gasteiger partial charge in [0.2, 0.25) is 0 Å². The van der Waals surface area contributed by atoms with Crippen LogP contribution in [0.2, 0.25) is 0 Å². The van der Waals surface area contributed by atoms with Gasteiger partial charge in [0.25, 0.3) is 0 Å². The Labute approximate surface area is 126 Å². The fraction of sp³-hybridized carbons (Fsp3) is 0.300. The maximum atomic E-state index is 10.4. The predicted octanol–water partition coefficient (Wildman–Crippen LogP) is 5.27. The minimum absolute atomic E-state index is 0.305. The summed E-state index contributed by atoms with van der Waals surface area (Å²) in [5, 5.41) is 12.7. The van der Waals surface area contributed by atoms with Gasteiger partial charge >= 0.3 is 0 Å². The van der Waals surface area contributed by atoms with Crippen LogP contribution in [0.25, 0.3) is 10.8 Å². The molecule has 2 unspecified atom stereocenters. The number of allylic oxidation sites excluding steroid dienone is 4. The summed E-state index contributed by atoms with van der Waals surface area (Å²) >= 11 is 0. The van der Waals surface area contributed by atoms with Gasteiger partial charge in [-0.25, -0.2) is 0 Å². The molecule has 1 aliphatic carbocycles. The zero-order chi connectivity index (χ0) is 15.1. The van der Waals surface area contributed by atoms with Crippen LogP contribution in [0, 0.1) is 0 Å². The third-order valence-electron chi connectivity index (χ3n) is 4.69. The number of hydrogen-bond donors (Lipinski definition) is 1. The SMILES string of the molecule is CC1=CC(C)=C(C)C1c1ccc2ccccc2c1C(C)O. The van der Waals surface area contributed by atoms with Crippen molar-refractivity contribution in [3.05, 3.63) is 70.3 Å². The van der Waals surface area contributed by atoms with E-state index in [2.05, 4.69) is 51.1 Å². The van der Waals surface area contributed by atoms with Crippen molar-refractivity contribution in [2.24, 2.45) is 0 Å². The van der Waals surface area contributed by atoms with Crippen molar-refractivity contribution in [2.45, 2.75) is 39.7 Å². The summed E-state index contributed by atoms with van der Waals surface area (Å²) in [4.78, 5) is 0. The maximum absolute atomic E-state index is 10.4. The third-order valence-corrected chi connectivity index (χ3v) is 4.69. The molecular formula is C20H22O. The Kier molecular flexibility index (Phi) is 3.46. The summed E-state index contributed by atoms with van der Waals surface area (Å²) < 4.78 is 0. The first-order valence-electron chi connectivity index (χ1n) is 7.56. The second-order valence-corrected chi connectivity index (χ2v) is 6.15. The molecule has 0 radical (unpaired) electrons. The van der Waals surface area contributed by atoms with Crippen LogP contribution in [0.15, 0.2) is 59.2 Å². The van der Waals surface area contributed by atoms with E-state index in [1.54, 1.807) is 0 Å². The standard InChI is InChI=1S/C20H22O/c1-12-11-13(2)19(14(12)3)18-10-9-16-7-5-6-8-17(16)20(18)15(4)21/h5-11,15,19,21H,1-4H3. The van der Waals surface area contributed by atoms with E-state index < -0.39 is 6.10 Å². The van der Waals surface area contributed by atoms with Gasteiger partial charge in [-0.3, -0.25) is 0 Å². The van der Waals surface area contributed by atoms with Crippen LogP contribution in [0.4, 0.5) is 0 Å². The summed E-state index contributed by atoms with van der Waals surface area (Å²) in [6, 6.07) is 12.7. The van der Waals surface area contributed by atoms with Crippen molar-refractivity contribution in [3.63, 3.8) is 0 Å². The fourth-order valence-corrected chi connectivity index (χ4v) is 3.62. The molecule has 1 nitrogen and oxygen atoms in total. The van der Waals surface area contributed by atoms with Gasteiger partial charge in [0, 0.05) is 5.92 Å². The molecule has 3 rings (SSSR count). The summed E-state index contributed by atoms with van der Waals surface area (Å²) in [5.74, 6) is 0.305. The first-order chi connectivity index (χ1) is 10.0. The molecule has 0 bridgehead atoms. The van der Waals surface area contributed by atoms with Crippen LogP contribution in [0.3, 0.4) is 0 Å². The first kappa shape index (κ1) is 14.1. The van der Waals surface area contributed by atoms with Crippen molar-refractivity contribution in [3.8, 4) is 0 Å². The molecule has 2 aromatic rings. The minimum atomic E-state index is -0.465. The number of benzene rings is 2. The van der Waals surface area contributed by atoms with Gasteiger partial charge in [-0.1, -0.05) is 59.2 Å². The second-order valence-electron chi connectivity index (χ2n) is 6.15. The molecule has 0 aliphatic heterocycles. The van der Waals surface area contributed by atoms with E-state index >= 15 is 0 Å². The molecule has 2 atom stereocenters. The van der Waals surface area contributed by atoms with E-state index in [9.17, 15) is 5.11 Å². The number of aliphatic hydroxyl groups is 1. The Balaban J connectivity index is 2.29. The molecule has 0 saturated carbocycles. The van der Waals surface area contributed by atoms with E-state index in [-0.39, 0.29) is 0 Å². The lowest BCUT2D eigenvalue weighted by molar-refractivity contribution is 0.199. The lowest BCUT2D eigenvalue weighted by Crippen LogP contribution is -2.07. The molecule has 1 N–H and O–H groups in total. The highest BCUT2D eigenvalue weighted by molar-refractivity contribution is 5.87. The molecule has 1 heteroatoms. The van der Waals surface area contributed by atoms with E-state index in [1.807, 2.05) is 19.1 Å². The summed E-state index contributed by atoms with van der Waals surface area (Å²) in [5.41, 5.74) is 6.42. The molecule has 21 heavy (non-hydrogen) atoms. The van der Waals surface area contributed by atoms with Gasteiger partial charge in [0.1, 0.15) is 0 Å². The van der Waals surface area contributed by atoms with Gasteiger partial charge in [0.05, 0.1) is 6.10 Å². The lowest BCUT2D eigenvalue weighted by Gasteiger charge is -2.23. The van der Waals surface area contributed by atoms with Gasteiger partial charge in [-0.15, -0.1) is 0 Å². The Bertz CT molecular complexity index is 763. The van der Waals surface area contributed by atoms with E-state index in [0.29, 0.717) is 5.92 Å². The molecule has 0 spiro atoms. The van der Waals surface area contributed by atoms with Gasteiger partial charge in [-0.2, -0.15) is 0 Å². The summed E-state index contributed by atoms with van der Waals surface area (Å²) in [6.45, 7) is 8.42. The Hall–Kier alpha value is -1.86. The van der Waals surface area contributed by atoms with Gasteiger partial charge in [-0.05, 0) is 49.6 Å². The predicted molar refractivity (Wildman–Crippen MR) is 89.5 cm³/mol. The number of rotatable bonds is 2. The highest BCUT2D eigenvalue weighted by Crippen LogP contribution is 2.43. The largest absolute Gasteiger partial charge is 0.389 e. The highest BCUT2D eigenvalue weighted by Gasteiger charge is 2.26. The Morgan fingerprint density at radius 3 is 2.33 bits per heavy atom. The van der Waals surface area contributed by atoms with E-state index in [0.717, 1.165) is 10.9 Å². The number of fused-ring (bicyclic) bond motifs is 1. The van der Waals surface area contributed by atoms with Crippen molar-refractivity contribution >= 4 is 10.8 Å². The molecule has 108 valence electrons. The third kappa shape index (κ3) is 2.22. The van der Waals surface area contributed by atoms with E-state index in [4.69, 9.17) is 0 Å². The van der Waals surface area contributed by atoms with Crippen LogP contribution < -0.4 is 0 Å².